The molecule has 4 atom stereocenters. The number of aliphatic hydroxyl groups is 1. The molecule has 1 heterocycles. The highest BCUT2D eigenvalue weighted by atomic mass is 35.5. The summed E-state index contributed by atoms with van der Waals surface area (Å²) in [7, 11) is 0. The Labute approximate surface area is 179 Å². The molecule has 4 rings (SSSR count). The van der Waals surface area contributed by atoms with Gasteiger partial charge in [-0.25, -0.2) is 0 Å². The largest absolute Gasteiger partial charge is 0.494 e. The van der Waals surface area contributed by atoms with Crippen molar-refractivity contribution in [2.24, 2.45) is 5.92 Å². The standard InChI is InChI=1S/C25H31ClO3/c1-3-12-25-13-11-21(25)23(27)16-24(29-25)18-7-10-22(26)19(15-18)14-17-5-8-20(9-6-17)28-4-2/h5-10,15,21,23-24,27H,3-4,11-14,16H2,1-2H3/t21-,23?,24-,25?/m1/s1. The number of hydrogen-bond donors (Lipinski definition) is 1. The van der Waals surface area contributed by atoms with E-state index in [0.29, 0.717) is 18.9 Å². The summed E-state index contributed by atoms with van der Waals surface area (Å²) in [4.78, 5) is 0. The Morgan fingerprint density at radius 2 is 1.97 bits per heavy atom. The van der Waals surface area contributed by atoms with E-state index in [-0.39, 0.29) is 17.8 Å². The summed E-state index contributed by atoms with van der Waals surface area (Å²) >= 11 is 6.52. The van der Waals surface area contributed by atoms with Crippen molar-refractivity contribution in [2.45, 2.75) is 70.2 Å². The first-order chi connectivity index (χ1) is 14.0. The van der Waals surface area contributed by atoms with Crippen LogP contribution in [0.2, 0.25) is 5.02 Å². The van der Waals surface area contributed by atoms with Crippen molar-refractivity contribution in [1.82, 2.24) is 0 Å². The first-order valence-electron chi connectivity index (χ1n) is 10.9. The maximum Gasteiger partial charge on any atom is 0.119 e. The number of rotatable bonds is 7. The van der Waals surface area contributed by atoms with Gasteiger partial charge < -0.3 is 14.6 Å². The van der Waals surface area contributed by atoms with Gasteiger partial charge in [0.15, 0.2) is 0 Å². The zero-order valence-electron chi connectivity index (χ0n) is 17.4. The summed E-state index contributed by atoms with van der Waals surface area (Å²) in [6, 6.07) is 14.4. The molecule has 0 bridgehead atoms. The summed E-state index contributed by atoms with van der Waals surface area (Å²) in [6.45, 7) is 4.85. The normalized spacial score (nSPS) is 28.5. The van der Waals surface area contributed by atoms with Crippen LogP contribution in [0.5, 0.6) is 5.75 Å². The molecular formula is C25H31ClO3. The van der Waals surface area contributed by atoms with Gasteiger partial charge in [-0.3, -0.25) is 0 Å². The fourth-order valence-corrected chi connectivity index (χ4v) is 5.24. The number of ether oxygens (including phenoxy) is 2. The van der Waals surface area contributed by atoms with Crippen molar-refractivity contribution in [3.63, 3.8) is 0 Å². The maximum absolute atomic E-state index is 10.7. The van der Waals surface area contributed by atoms with Crippen LogP contribution in [0.25, 0.3) is 0 Å². The molecule has 0 spiro atoms. The average molecular weight is 415 g/mol. The summed E-state index contributed by atoms with van der Waals surface area (Å²) in [5.41, 5.74) is 3.27. The smallest absolute Gasteiger partial charge is 0.119 e. The Morgan fingerprint density at radius 3 is 2.62 bits per heavy atom. The highest BCUT2D eigenvalue weighted by Crippen LogP contribution is 2.54. The second-order valence-electron chi connectivity index (χ2n) is 8.47. The first-order valence-corrected chi connectivity index (χ1v) is 11.3. The molecule has 1 N–H and O–H groups in total. The number of benzene rings is 2. The van der Waals surface area contributed by atoms with Gasteiger partial charge in [-0.2, -0.15) is 0 Å². The molecule has 2 aliphatic rings. The van der Waals surface area contributed by atoms with Crippen LogP contribution < -0.4 is 4.74 Å². The topological polar surface area (TPSA) is 38.7 Å². The summed E-state index contributed by atoms with van der Waals surface area (Å²) in [5.74, 6) is 1.19. The molecule has 2 aromatic rings. The average Bonchev–Trinajstić information content (AvgIpc) is 2.68. The van der Waals surface area contributed by atoms with Crippen LogP contribution in [-0.2, 0) is 11.2 Å². The lowest BCUT2D eigenvalue weighted by atomic mass is 9.61. The van der Waals surface area contributed by atoms with Crippen LogP contribution in [0.15, 0.2) is 42.5 Å². The van der Waals surface area contributed by atoms with Crippen molar-refractivity contribution in [1.29, 1.82) is 0 Å². The zero-order valence-corrected chi connectivity index (χ0v) is 18.1. The monoisotopic (exact) mass is 414 g/mol. The highest BCUT2D eigenvalue weighted by molar-refractivity contribution is 6.31. The lowest BCUT2D eigenvalue weighted by Crippen LogP contribution is -2.58. The van der Waals surface area contributed by atoms with E-state index >= 15 is 0 Å². The Hall–Kier alpha value is -1.55. The zero-order chi connectivity index (χ0) is 20.4. The van der Waals surface area contributed by atoms with Gasteiger partial charge >= 0.3 is 0 Å². The van der Waals surface area contributed by atoms with Crippen LogP contribution in [0, 0.1) is 5.92 Å². The third-order valence-electron chi connectivity index (χ3n) is 6.59. The van der Waals surface area contributed by atoms with Crippen molar-refractivity contribution < 1.29 is 14.6 Å². The van der Waals surface area contributed by atoms with E-state index in [1.54, 1.807) is 0 Å². The predicted octanol–water partition coefficient (Wildman–Crippen LogP) is 6.10. The van der Waals surface area contributed by atoms with Crippen LogP contribution in [0.4, 0.5) is 0 Å². The molecule has 0 amide bonds. The quantitative estimate of drug-likeness (QED) is 0.594. The molecule has 0 aromatic heterocycles. The lowest BCUT2D eigenvalue weighted by Gasteiger charge is -2.56. The van der Waals surface area contributed by atoms with Crippen LogP contribution >= 0.6 is 11.6 Å². The molecule has 1 aliphatic heterocycles. The fourth-order valence-electron chi connectivity index (χ4n) is 5.05. The predicted molar refractivity (Wildman–Crippen MR) is 117 cm³/mol. The molecule has 1 aliphatic carbocycles. The van der Waals surface area contributed by atoms with E-state index in [9.17, 15) is 5.11 Å². The SMILES string of the molecule is CCCC12CC[C@@H]1C(O)C[C@H](c1ccc(Cl)c(Cc3ccc(OCC)cc3)c1)O2. The molecule has 2 aromatic carbocycles. The van der Waals surface area contributed by atoms with Gasteiger partial charge in [0.25, 0.3) is 0 Å². The molecule has 156 valence electrons. The molecule has 29 heavy (non-hydrogen) atoms. The summed E-state index contributed by atoms with van der Waals surface area (Å²) in [5, 5.41) is 11.5. The number of fused-ring (bicyclic) bond motifs is 1. The van der Waals surface area contributed by atoms with Gasteiger partial charge in [-0.15, -0.1) is 0 Å². The minimum Gasteiger partial charge on any atom is -0.494 e. The number of hydrogen-bond acceptors (Lipinski definition) is 3. The van der Waals surface area contributed by atoms with Crippen LogP contribution in [0.1, 0.15) is 68.7 Å². The van der Waals surface area contributed by atoms with Crippen molar-refractivity contribution in [2.75, 3.05) is 6.61 Å². The highest BCUT2D eigenvalue weighted by Gasteiger charge is 2.55. The summed E-state index contributed by atoms with van der Waals surface area (Å²) in [6.07, 6.45) is 5.33. The number of aliphatic hydroxyl groups excluding tert-OH is 1. The van der Waals surface area contributed by atoms with Gasteiger partial charge in [0.05, 0.1) is 24.4 Å². The minimum absolute atomic E-state index is 0.0653. The second-order valence-corrected chi connectivity index (χ2v) is 8.88. The van der Waals surface area contributed by atoms with Crippen molar-refractivity contribution in [3.05, 3.63) is 64.2 Å². The van der Waals surface area contributed by atoms with Gasteiger partial charge in [0.2, 0.25) is 0 Å². The van der Waals surface area contributed by atoms with Gasteiger partial charge in [0, 0.05) is 17.4 Å². The van der Waals surface area contributed by atoms with E-state index in [4.69, 9.17) is 21.1 Å². The van der Waals surface area contributed by atoms with Crippen LogP contribution in [0.3, 0.4) is 0 Å². The molecule has 0 radical (unpaired) electrons. The third kappa shape index (κ3) is 4.19. The lowest BCUT2D eigenvalue weighted by molar-refractivity contribution is -0.252. The fraction of sp³-hybridized carbons (Fsp3) is 0.520. The van der Waals surface area contributed by atoms with E-state index in [2.05, 4.69) is 31.2 Å². The summed E-state index contributed by atoms with van der Waals surface area (Å²) < 4.78 is 12.2. The van der Waals surface area contributed by atoms with Gasteiger partial charge in [-0.1, -0.05) is 49.2 Å². The van der Waals surface area contributed by atoms with E-state index in [1.807, 2.05) is 25.1 Å². The second kappa shape index (κ2) is 8.67. The van der Waals surface area contributed by atoms with E-state index < -0.39 is 0 Å². The maximum atomic E-state index is 10.7. The number of halogens is 1. The Bertz CT molecular complexity index is 834. The van der Waals surface area contributed by atoms with Crippen molar-refractivity contribution >= 4 is 11.6 Å². The van der Waals surface area contributed by atoms with Gasteiger partial charge in [0.1, 0.15) is 5.75 Å². The molecule has 1 saturated heterocycles. The van der Waals surface area contributed by atoms with Crippen molar-refractivity contribution in [3.8, 4) is 5.75 Å². The Balaban J connectivity index is 1.53. The van der Waals surface area contributed by atoms with E-state index in [0.717, 1.165) is 54.0 Å². The molecule has 1 saturated carbocycles. The van der Waals surface area contributed by atoms with Crippen LogP contribution in [-0.4, -0.2) is 23.4 Å². The molecule has 4 heteroatoms. The molecule has 2 fully saturated rings. The third-order valence-corrected chi connectivity index (χ3v) is 6.96. The molecule has 2 unspecified atom stereocenters. The molecule has 3 nitrogen and oxygen atoms in total. The van der Waals surface area contributed by atoms with Gasteiger partial charge in [-0.05, 0) is 67.5 Å². The Morgan fingerprint density at radius 1 is 1.17 bits per heavy atom. The van der Waals surface area contributed by atoms with E-state index in [1.165, 1.54) is 5.56 Å². The molecular weight excluding hydrogens is 384 g/mol. The Kier molecular flexibility index (Phi) is 6.19. The first kappa shape index (κ1) is 20.7. The minimum atomic E-state index is -0.278.